The van der Waals surface area contributed by atoms with Gasteiger partial charge >= 0.3 is 0 Å². The van der Waals surface area contributed by atoms with Gasteiger partial charge in [-0.1, -0.05) is 90.4 Å². The van der Waals surface area contributed by atoms with E-state index in [0.717, 1.165) is 73.1 Å². The molecular weight excluding hydrogens is 594 g/mol. The number of carbonyl (C=O) groups excluding carboxylic acids is 1. The number of unbranched alkanes of at least 4 members (excludes halogenated alkanes) is 1. The second-order valence-electron chi connectivity index (χ2n) is 10.9. The second kappa shape index (κ2) is 14.9. The van der Waals surface area contributed by atoms with Crippen LogP contribution in [0, 0.1) is 5.92 Å². The smallest absolute Gasteiger partial charge is 0.226 e. The summed E-state index contributed by atoms with van der Waals surface area (Å²) in [5, 5.41) is 3.04. The molecule has 1 unspecified atom stereocenters. The molecule has 39 heavy (non-hydrogen) atoms. The van der Waals surface area contributed by atoms with Gasteiger partial charge in [0.25, 0.3) is 0 Å². The highest BCUT2D eigenvalue weighted by Crippen LogP contribution is 2.31. The number of likely N-dealkylation sites (tertiary alicyclic amines) is 1. The maximum atomic E-state index is 12.1. The van der Waals surface area contributed by atoms with Gasteiger partial charge in [-0.2, -0.15) is 0 Å². The number of carbonyl (C=O) groups is 1. The number of nitrogens with one attached hydrogen (secondary N) is 1. The molecule has 4 nitrogen and oxygen atoms in total. The van der Waals surface area contributed by atoms with Crippen LogP contribution in [0.4, 0.5) is 5.69 Å². The molecule has 1 N–H and O–H groups in total. The van der Waals surface area contributed by atoms with Crippen LogP contribution >= 0.6 is 22.6 Å². The molecule has 1 saturated heterocycles. The zero-order valence-corrected chi connectivity index (χ0v) is 25.4. The lowest BCUT2D eigenvalue weighted by molar-refractivity contribution is -0.118. The van der Waals surface area contributed by atoms with Crippen LogP contribution in [0.3, 0.4) is 0 Å². The summed E-state index contributed by atoms with van der Waals surface area (Å²) < 4.78 is 7.45. The highest BCUT2D eigenvalue weighted by atomic mass is 127. The summed E-state index contributed by atoms with van der Waals surface area (Å²) in [5.41, 5.74) is 5.56. The molecule has 1 amide bonds. The lowest BCUT2D eigenvalue weighted by Crippen LogP contribution is -2.33. The van der Waals surface area contributed by atoms with Gasteiger partial charge in [0.2, 0.25) is 5.91 Å². The van der Waals surface area contributed by atoms with Gasteiger partial charge in [0.1, 0.15) is 19.7 Å². The molecular formula is C33H40BIN2O2. The van der Waals surface area contributed by atoms with E-state index in [4.69, 9.17) is 12.6 Å². The molecule has 4 rings (SSSR count). The summed E-state index contributed by atoms with van der Waals surface area (Å²) in [6.45, 7) is 7.21. The molecule has 0 spiro atoms. The van der Waals surface area contributed by atoms with Crippen molar-refractivity contribution in [3.63, 3.8) is 0 Å². The number of amides is 1. The number of anilines is 1. The van der Waals surface area contributed by atoms with E-state index in [1.807, 2.05) is 44.2 Å². The SMILES string of the molecule is [B]c1ccc(OC(CCCCN2CCC(c3cccc(NC(=O)C(C)C)c3)CC2)c2ccc(CI)cc2)cc1. The standard InChI is InChI=1S/C33H40BIN2O2/c1-24(2)33(38)36-30-7-5-6-28(22-30)26-17-20-37(21-18-26)19-4-3-8-32(27-11-9-25(23-35)10-12-27)39-31-15-13-29(34)14-16-31/h5-7,9-16,22,24,26,32H,3-4,8,17-21,23H2,1-2H3,(H,36,38). The van der Waals surface area contributed by atoms with Crippen LogP contribution in [0.5, 0.6) is 5.75 Å². The highest BCUT2D eigenvalue weighted by Gasteiger charge is 2.21. The summed E-state index contributed by atoms with van der Waals surface area (Å²) >= 11 is 2.40. The van der Waals surface area contributed by atoms with Gasteiger partial charge < -0.3 is 15.0 Å². The van der Waals surface area contributed by atoms with E-state index in [1.54, 1.807) is 0 Å². The number of hydrogen-bond acceptors (Lipinski definition) is 3. The van der Waals surface area contributed by atoms with Gasteiger partial charge in [0.05, 0.1) is 0 Å². The molecule has 3 aromatic carbocycles. The Labute approximate surface area is 249 Å². The van der Waals surface area contributed by atoms with Crippen molar-refractivity contribution in [3.05, 3.63) is 89.5 Å². The fourth-order valence-electron chi connectivity index (χ4n) is 5.14. The molecule has 3 aromatic rings. The fraction of sp³-hybridized carbons (Fsp3) is 0.424. The van der Waals surface area contributed by atoms with E-state index in [1.165, 1.54) is 16.7 Å². The first kappa shape index (κ1) is 29.7. The zero-order chi connectivity index (χ0) is 27.6. The van der Waals surface area contributed by atoms with Crippen LogP contribution in [0.2, 0.25) is 0 Å². The number of halogens is 1. The monoisotopic (exact) mass is 634 g/mol. The largest absolute Gasteiger partial charge is 0.486 e. The molecule has 2 radical (unpaired) electrons. The minimum Gasteiger partial charge on any atom is -0.486 e. The van der Waals surface area contributed by atoms with Crippen LogP contribution in [-0.2, 0) is 9.22 Å². The van der Waals surface area contributed by atoms with Crippen LogP contribution in [0.15, 0.2) is 72.8 Å². The predicted octanol–water partition coefficient (Wildman–Crippen LogP) is 7.18. The first-order valence-corrected chi connectivity index (χ1v) is 15.7. The molecule has 1 heterocycles. The van der Waals surface area contributed by atoms with Gasteiger partial charge in [-0.3, -0.25) is 4.79 Å². The number of benzene rings is 3. The van der Waals surface area contributed by atoms with Crippen LogP contribution in [0.1, 0.15) is 74.7 Å². The second-order valence-corrected chi connectivity index (χ2v) is 11.7. The van der Waals surface area contributed by atoms with Crippen molar-refractivity contribution in [1.29, 1.82) is 0 Å². The van der Waals surface area contributed by atoms with Gasteiger partial charge in [0, 0.05) is 16.0 Å². The Morgan fingerprint density at radius 1 is 1.03 bits per heavy atom. The van der Waals surface area contributed by atoms with Crippen LogP contribution in [-0.4, -0.2) is 38.3 Å². The molecule has 0 saturated carbocycles. The summed E-state index contributed by atoms with van der Waals surface area (Å²) in [4.78, 5) is 14.7. The summed E-state index contributed by atoms with van der Waals surface area (Å²) in [5.74, 6) is 1.47. The number of ether oxygens (including phenoxy) is 1. The molecule has 0 aromatic heterocycles. The Balaban J connectivity index is 1.25. The number of hydrogen-bond donors (Lipinski definition) is 1. The van der Waals surface area contributed by atoms with Crippen LogP contribution in [0.25, 0.3) is 0 Å². The van der Waals surface area contributed by atoms with Crippen molar-refractivity contribution in [1.82, 2.24) is 4.90 Å². The molecule has 0 aliphatic carbocycles. The first-order valence-electron chi connectivity index (χ1n) is 14.2. The van der Waals surface area contributed by atoms with Crippen molar-refractivity contribution < 1.29 is 9.53 Å². The van der Waals surface area contributed by atoms with Crippen molar-refractivity contribution in [2.75, 3.05) is 25.0 Å². The van der Waals surface area contributed by atoms with E-state index in [0.29, 0.717) is 5.92 Å². The quantitative estimate of drug-likeness (QED) is 0.0994. The van der Waals surface area contributed by atoms with E-state index >= 15 is 0 Å². The maximum absolute atomic E-state index is 12.1. The summed E-state index contributed by atoms with van der Waals surface area (Å²) in [7, 11) is 5.87. The maximum Gasteiger partial charge on any atom is 0.226 e. The molecule has 0 bridgehead atoms. The van der Waals surface area contributed by atoms with E-state index in [2.05, 4.69) is 75.3 Å². The topological polar surface area (TPSA) is 41.6 Å². The summed E-state index contributed by atoms with van der Waals surface area (Å²) in [6, 6.07) is 25.0. The van der Waals surface area contributed by atoms with Crippen molar-refractivity contribution in [3.8, 4) is 5.75 Å². The lowest BCUT2D eigenvalue weighted by atomic mass is 9.89. The van der Waals surface area contributed by atoms with Crippen LogP contribution < -0.4 is 15.5 Å². The van der Waals surface area contributed by atoms with E-state index in [9.17, 15) is 4.79 Å². The van der Waals surface area contributed by atoms with Gasteiger partial charge in [-0.25, -0.2) is 0 Å². The third-order valence-corrected chi connectivity index (χ3v) is 8.47. The number of alkyl halides is 1. The predicted molar refractivity (Wildman–Crippen MR) is 172 cm³/mol. The number of piperidine rings is 1. The highest BCUT2D eigenvalue weighted by molar-refractivity contribution is 14.1. The fourth-order valence-corrected chi connectivity index (χ4v) is 5.65. The molecule has 204 valence electrons. The van der Waals surface area contributed by atoms with E-state index < -0.39 is 0 Å². The van der Waals surface area contributed by atoms with Gasteiger partial charge in [0.15, 0.2) is 0 Å². The Kier molecular flexibility index (Phi) is 11.3. The Morgan fingerprint density at radius 3 is 2.41 bits per heavy atom. The third-order valence-electron chi connectivity index (χ3n) is 7.59. The Hall–Kier alpha value is -2.32. The van der Waals surface area contributed by atoms with E-state index in [-0.39, 0.29) is 17.9 Å². The normalized spacial score (nSPS) is 15.3. The van der Waals surface area contributed by atoms with Gasteiger partial charge in [-0.05, 0) is 98.6 Å². The number of nitrogens with zero attached hydrogens (tertiary/aromatic N) is 1. The van der Waals surface area contributed by atoms with Crippen molar-refractivity contribution in [2.24, 2.45) is 5.92 Å². The average Bonchev–Trinajstić information content (AvgIpc) is 2.96. The zero-order valence-electron chi connectivity index (χ0n) is 23.2. The molecule has 1 aliphatic rings. The molecule has 6 heteroatoms. The lowest BCUT2D eigenvalue weighted by Gasteiger charge is -2.32. The first-order chi connectivity index (χ1) is 18.9. The molecule has 1 aliphatic heterocycles. The minimum atomic E-state index is -0.0160. The van der Waals surface area contributed by atoms with Crippen molar-refractivity contribution in [2.45, 2.75) is 62.4 Å². The number of rotatable bonds is 12. The minimum absolute atomic E-state index is 0.0160. The average molecular weight is 634 g/mol. The Bertz CT molecular complexity index is 1180. The Morgan fingerprint density at radius 2 is 1.74 bits per heavy atom. The van der Waals surface area contributed by atoms with Gasteiger partial charge in [-0.15, -0.1) is 0 Å². The summed E-state index contributed by atoms with van der Waals surface area (Å²) in [6.07, 6.45) is 5.62. The third kappa shape index (κ3) is 9.11. The molecule has 1 fully saturated rings. The van der Waals surface area contributed by atoms with Crippen molar-refractivity contribution >= 4 is 47.5 Å². The molecule has 1 atom stereocenters.